The zero-order chi connectivity index (χ0) is 15.6. The molecule has 0 aliphatic rings. The Labute approximate surface area is 131 Å². The Morgan fingerprint density at radius 1 is 1.14 bits per heavy atom. The Balaban J connectivity index is 2.17. The number of Topliss-reactive ketones (excluding diaryl/α,β-unsaturated/α-hetero) is 1. The van der Waals surface area contributed by atoms with Crippen molar-refractivity contribution < 1.29 is 4.79 Å². The van der Waals surface area contributed by atoms with Gasteiger partial charge in [-0.2, -0.15) is 0 Å². The Hall–Kier alpha value is -1.48. The largest absolute Gasteiger partial charge is 0.343 e. The van der Waals surface area contributed by atoms with Gasteiger partial charge in [0.2, 0.25) is 0 Å². The third-order valence-corrected chi connectivity index (χ3v) is 4.53. The van der Waals surface area contributed by atoms with Gasteiger partial charge in [-0.15, -0.1) is 11.8 Å². The molecule has 0 fully saturated rings. The normalized spacial score (nSPS) is 11.7. The first kappa shape index (κ1) is 15.9. The molecule has 0 saturated carbocycles. The van der Waals surface area contributed by atoms with Crippen molar-refractivity contribution in [3.05, 3.63) is 53.3 Å². The summed E-state index contributed by atoms with van der Waals surface area (Å²) >= 11 is 1.60. The summed E-state index contributed by atoms with van der Waals surface area (Å²) < 4.78 is 2.24. The Morgan fingerprint density at radius 2 is 1.76 bits per heavy atom. The van der Waals surface area contributed by atoms with E-state index in [0.717, 1.165) is 21.8 Å². The number of hydrogen-bond acceptors (Lipinski definition) is 2. The van der Waals surface area contributed by atoms with Crippen LogP contribution in [-0.4, -0.2) is 16.1 Å². The Kier molecular flexibility index (Phi) is 4.62. The van der Waals surface area contributed by atoms with Gasteiger partial charge in [0.15, 0.2) is 5.78 Å². The molecule has 1 heterocycles. The molecule has 2 nitrogen and oxygen atoms in total. The summed E-state index contributed by atoms with van der Waals surface area (Å²) in [7, 11) is 0. The number of ketones is 1. The lowest BCUT2D eigenvalue weighted by molar-refractivity contribution is 0.102. The van der Waals surface area contributed by atoms with Crippen molar-refractivity contribution in [1.29, 1.82) is 0 Å². The van der Waals surface area contributed by atoms with Gasteiger partial charge in [-0.3, -0.25) is 4.79 Å². The van der Waals surface area contributed by atoms with Crippen LogP contribution in [0.5, 0.6) is 0 Å². The summed E-state index contributed by atoms with van der Waals surface area (Å²) in [4.78, 5) is 13.6. The molecule has 2 rings (SSSR count). The van der Waals surface area contributed by atoms with Crippen LogP contribution in [0, 0.1) is 13.8 Å². The quantitative estimate of drug-likeness (QED) is 0.596. The zero-order valence-corrected chi connectivity index (χ0v) is 14.3. The van der Waals surface area contributed by atoms with Gasteiger partial charge >= 0.3 is 0 Å². The van der Waals surface area contributed by atoms with Crippen LogP contribution in [0.3, 0.4) is 0 Å². The van der Waals surface area contributed by atoms with Crippen molar-refractivity contribution in [2.24, 2.45) is 0 Å². The monoisotopic (exact) mass is 301 g/mol. The molecule has 0 aliphatic heterocycles. The number of thioether (sulfide) groups is 1. The minimum Gasteiger partial charge on any atom is -0.343 e. The highest BCUT2D eigenvalue weighted by Gasteiger charge is 2.22. The average molecular weight is 301 g/mol. The molecular formula is C18H23NOS. The number of aromatic nitrogens is 1. The zero-order valence-electron chi connectivity index (χ0n) is 13.4. The van der Waals surface area contributed by atoms with E-state index >= 15 is 0 Å². The van der Waals surface area contributed by atoms with Crippen LogP contribution in [0.2, 0.25) is 0 Å². The molecule has 3 heteroatoms. The van der Waals surface area contributed by atoms with Crippen LogP contribution in [0.1, 0.15) is 42.5 Å². The molecular weight excluding hydrogens is 278 g/mol. The summed E-state index contributed by atoms with van der Waals surface area (Å²) in [5.74, 6) is 0.686. The van der Waals surface area contributed by atoms with Gasteiger partial charge in [-0.05, 0) is 52.8 Å². The summed E-state index contributed by atoms with van der Waals surface area (Å²) in [6.45, 7) is 10.6. The fraction of sp³-hybridized carbons (Fsp3) is 0.389. The molecule has 0 amide bonds. The number of carbonyl (C=O) groups is 1. The molecule has 112 valence electrons. The minimum absolute atomic E-state index is 0.000725. The van der Waals surface area contributed by atoms with E-state index in [4.69, 9.17) is 0 Å². The third kappa shape index (κ3) is 3.59. The van der Waals surface area contributed by atoms with E-state index in [2.05, 4.69) is 32.3 Å². The maximum atomic E-state index is 12.5. The summed E-state index contributed by atoms with van der Waals surface area (Å²) in [6, 6.07) is 12.1. The topological polar surface area (TPSA) is 22.0 Å². The molecule has 0 radical (unpaired) electrons. The smallest absolute Gasteiger partial charge is 0.174 e. The minimum atomic E-state index is -0.000725. The maximum Gasteiger partial charge on any atom is 0.174 e. The molecule has 0 bridgehead atoms. The molecule has 0 atom stereocenters. The predicted molar refractivity (Wildman–Crippen MR) is 90.4 cm³/mol. The fourth-order valence-electron chi connectivity index (χ4n) is 2.82. The molecule has 0 saturated heterocycles. The second-order valence-electron chi connectivity index (χ2n) is 6.32. The van der Waals surface area contributed by atoms with Crippen LogP contribution in [0.4, 0.5) is 0 Å². The molecule has 21 heavy (non-hydrogen) atoms. The number of nitrogens with zero attached hydrogens (tertiary/aromatic N) is 1. The lowest BCUT2D eigenvalue weighted by Crippen LogP contribution is -2.24. The lowest BCUT2D eigenvalue weighted by Gasteiger charge is -2.25. The average Bonchev–Trinajstić information content (AvgIpc) is 2.72. The van der Waals surface area contributed by atoms with Crippen LogP contribution < -0.4 is 0 Å². The molecule has 0 N–H and O–H groups in total. The van der Waals surface area contributed by atoms with Crippen molar-refractivity contribution in [3.8, 4) is 0 Å². The van der Waals surface area contributed by atoms with Crippen LogP contribution >= 0.6 is 11.8 Å². The van der Waals surface area contributed by atoms with E-state index in [9.17, 15) is 4.79 Å². The summed E-state index contributed by atoms with van der Waals surface area (Å²) in [6.07, 6.45) is 0. The van der Waals surface area contributed by atoms with E-state index < -0.39 is 0 Å². The highest BCUT2D eigenvalue weighted by Crippen LogP contribution is 2.26. The van der Waals surface area contributed by atoms with Gasteiger partial charge in [0.25, 0.3) is 0 Å². The number of aryl methyl sites for hydroxylation is 1. The maximum absolute atomic E-state index is 12.5. The summed E-state index contributed by atoms with van der Waals surface area (Å²) in [5, 5.41) is 0. The van der Waals surface area contributed by atoms with Crippen LogP contribution in [-0.2, 0) is 5.54 Å². The van der Waals surface area contributed by atoms with E-state index in [0.29, 0.717) is 5.75 Å². The number of carbonyl (C=O) groups excluding carboxylic acids is 1. The van der Waals surface area contributed by atoms with Crippen molar-refractivity contribution in [3.63, 3.8) is 0 Å². The van der Waals surface area contributed by atoms with Crippen LogP contribution in [0.15, 0.2) is 41.3 Å². The summed E-state index contributed by atoms with van der Waals surface area (Å²) in [5.41, 5.74) is 3.07. The van der Waals surface area contributed by atoms with E-state index in [-0.39, 0.29) is 11.3 Å². The molecule has 1 aromatic heterocycles. The van der Waals surface area contributed by atoms with Crippen molar-refractivity contribution in [2.75, 3.05) is 5.75 Å². The predicted octanol–water partition coefficient (Wildman–Crippen LogP) is 4.83. The first-order valence-electron chi connectivity index (χ1n) is 7.21. The van der Waals surface area contributed by atoms with Gasteiger partial charge < -0.3 is 4.57 Å². The number of benzene rings is 1. The highest BCUT2D eigenvalue weighted by atomic mass is 32.2. The van der Waals surface area contributed by atoms with Crippen molar-refractivity contribution in [2.45, 2.75) is 45.1 Å². The van der Waals surface area contributed by atoms with E-state index in [1.54, 1.807) is 11.8 Å². The highest BCUT2D eigenvalue weighted by molar-refractivity contribution is 8.00. The van der Waals surface area contributed by atoms with Gasteiger partial charge in [-0.25, -0.2) is 0 Å². The second-order valence-corrected chi connectivity index (χ2v) is 7.36. The Bertz CT molecular complexity index is 635. The van der Waals surface area contributed by atoms with E-state index in [1.165, 1.54) is 0 Å². The molecule has 1 aromatic carbocycles. The van der Waals surface area contributed by atoms with Gasteiger partial charge in [0, 0.05) is 27.4 Å². The number of hydrogen-bond donors (Lipinski definition) is 0. The molecule has 2 aromatic rings. The molecule has 0 aliphatic carbocycles. The Morgan fingerprint density at radius 3 is 2.29 bits per heavy atom. The van der Waals surface area contributed by atoms with Gasteiger partial charge in [0.05, 0.1) is 5.75 Å². The number of rotatable bonds is 4. The fourth-order valence-corrected chi connectivity index (χ4v) is 3.62. The first-order chi connectivity index (χ1) is 9.80. The van der Waals surface area contributed by atoms with Crippen molar-refractivity contribution in [1.82, 2.24) is 4.57 Å². The van der Waals surface area contributed by atoms with Crippen LogP contribution in [0.25, 0.3) is 0 Å². The van der Waals surface area contributed by atoms with Gasteiger partial charge in [-0.1, -0.05) is 18.2 Å². The molecule has 0 unspecified atom stereocenters. The third-order valence-electron chi connectivity index (χ3n) is 3.52. The van der Waals surface area contributed by atoms with Crippen molar-refractivity contribution >= 4 is 17.5 Å². The first-order valence-corrected chi connectivity index (χ1v) is 8.19. The standard InChI is InChI=1S/C18H23NOS/c1-13-11-16(14(2)19(13)18(3,4)5)17(20)12-21-15-9-7-6-8-10-15/h6-11H,12H2,1-5H3. The molecule has 0 spiro atoms. The second kappa shape index (κ2) is 6.10. The van der Waals surface area contributed by atoms with Gasteiger partial charge in [0.1, 0.15) is 0 Å². The van der Waals surface area contributed by atoms with E-state index in [1.807, 2.05) is 43.3 Å². The SMILES string of the molecule is Cc1cc(C(=O)CSc2ccccc2)c(C)n1C(C)(C)C. The lowest BCUT2D eigenvalue weighted by atomic mass is 10.1.